The van der Waals surface area contributed by atoms with Gasteiger partial charge in [0.05, 0.1) is 24.7 Å². The summed E-state index contributed by atoms with van der Waals surface area (Å²) in [5.74, 6) is 0.770. The molecule has 28 heavy (non-hydrogen) atoms. The molecule has 142 valence electrons. The molecule has 1 aliphatic rings. The van der Waals surface area contributed by atoms with Crippen LogP contribution in [0.3, 0.4) is 0 Å². The molecular weight excluding hydrogens is 358 g/mol. The minimum absolute atomic E-state index is 0.328. The average molecular weight is 377 g/mol. The Balaban J connectivity index is 1.61. The lowest BCUT2D eigenvalue weighted by atomic mass is 10.1. The molecule has 0 atom stereocenters. The molecule has 0 bridgehead atoms. The van der Waals surface area contributed by atoms with Gasteiger partial charge in [0, 0.05) is 18.7 Å². The molecule has 8 heteroatoms. The van der Waals surface area contributed by atoms with E-state index in [1.807, 2.05) is 43.3 Å². The fourth-order valence-corrected chi connectivity index (χ4v) is 3.02. The molecule has 3 aromatic rings. The summed E-state index contributed by atoms with van der Waals surface area (Å²) in [7, 11) is 1.38. The van der Waals surface area contributed by atoms with Crippen molar-refractivity contribution in [3.8, 4) is 23.0 Å². The second kappa shape index (κ2) is 7.59. The van der Waals surface area contributed by atoms with Gasteiger partial charge in [-0.25, -0.2) is 9.78 Å². The van der Waals surface area contributed by atoms with E-state index in [2.05, 4.69) is 15.2 Å². The van der Waals surface area contributed by atoms with Crippen LogP contribution in [0.25, 0.3) is 28.6 Å². The fourth-order valence-electron chi connectivity index (χ4n) is 3.02. The van der Waals surface area contributed by atoms with Crippen LogP contribution >= 0.6 is 0 Å². The van der Waals surface area contributed by atoms with Crippen LogP contribution in [0, 0.1) is 6.92 Å². The first-order chi connectivity index (χ1) is 13.7. The molecule has 1 aliphatic heterocycles. The smallest absolute Gasteiger partial charge is 0.409 e. The zero-order valence-corrected chi connectivity index (χ0v) is 15.6. The van der Waals surface area contributed by atoms with Crippen LogP contribution in [0.15, 0.2) is 47.0 Å². The molecule has 3 heterocycles. The summed E-state index contributed by atoms with van der Waals surface area (Å²) in [6, 6.07) is 9.58. The van der Waals surface area contributed by atoms with Crippen LogP contribution in [0.5, 0.6) is 0 Å². The Hall–Kier alpha value is -3.55. The molecular formula is C20H19N5O3. The monoisotopic (exact) mass is 377 g/mol. The molecule has 0 saturated carbocycles. The number of methoxy groups -OCH3 is 1. The molecule has 0 spiro atoms. The number of carbonyl (C=O) groups excluding carboxylic acids is 1. The normalized spacial score (nSPS) is 13.9. The maximum absolute atomic E-state index is 11.6. The molecule has 0 radical (unpaired) electrons. The van der Waals surface area contributed by atoms with Gasteiger partial charge in [-0.15, -0.1) is 10.2 Å². The van der Waals surface area contributed by atoms with Gasteiger partial charge in [-0.1, -0.05) is 24.3 Å². The summed E-state index contributed by atoms with van der Waals surface area (Å²) in [5.41, 5.74) is 3.88. The molecule has 1 amide bonds. The summed E-state index contributed by atoms with van der Waals surface area (Å²) >= 11 is 0. The van der Waals surface area contributed by atoms with Crippen LogP contribution in [0.2, 0.25) is 0 Å². The van der Waals surface area contributed by atoms with Gasteiger partial charge >= 0.3 is 6.09 Å². The number of aryl methyl sites for hydroxylation is 1. The Bertz CT molecular complexity index is 1030. The van der Waals surface area contributed by atoms with E-state index in [0.29, 0.717) is 42.7 Å². The highest BCUT2D eigenvalue weighted by Gasteiger charge is 2.21. The molecule has 4 rings (SSSR count). The Morgan fingerprint density at radius 3 is 2.68 bits per heavy atom. The predicted octanol–water partition coefficient (Wildman–Crippen LogP) is 3.36. The van der Waals surface area contributed by atoms with E-state index in [1.165, 1.54) is 7.11 Å². The van der Waals surface area contributed by atoms with Gasteiger partial charge in [0.2, 0.25) is 5.89 Å². The van der Waals surface area contributed by atoms with Crippen LogP contribution in [0.1, 0.15) is 17.8 Å². The number of amides is 1. The van der Waals surface area contributed by atoms with Crippen LogP contribution in [-0.2, 0) is 4.74 Å². The zero-order chi connectivity index (χ0) is 19.5. The molecule has 0 saturated heterocycles. The zero-order valence-electron chi connectivity index (χ0n) is 15.6. The maximum Gasteiger partial charge on any atom is 0.409 e. The van der Waals surface area contributed by atoms with Gasteiger partial charge in [-0.2, -0.15) is 0 Å². The molecule has 0 unspecified atom stereocenters. The van der Waals surface area contributed by atoms with Crippen LogP contribution in [-0.4, -0.2) is 51.4 Å². The predicted molar refractivity (Wildman–Crippen MR) is 102 cm³/mol. The van der Waals surface area contributed by atoms with Gasteiger partial charge in [-0.3, -0.25) is 4.98 Å². The second-order valence-electron chi connectivity index (χ2n) is 6.36. The van der Waals surface area contributed by atoms with Crippen molar-refractivity contribution in [2.45, 2.75) is 13.3 Å². The lowest BCUT2D eigenvalue weighted by molar-refractivity contribution is 0.128. The topological polar surface area (TPSA) is 94.2 Å². The quantitative estimate of drug-likeness (QED) is 0.691. The van der Waals surface area contributed by atoms with Crippen molar-refractivity contribution in [2.75, 3.05) is 20.2 Å². The molecule has 2 aromatic heterocycles. The van der Waals surface area contributed by atoms with E-state index in [0.717, 1.165) is 16.8 Å². The highest BCUT2D eigenvalue weighted by Crippen LogP contribution is 2.27. The van der Waals surface area contributed by atoms with E-state index in [1.54, 1.807) is 11.1 Å². The molecule has 0 N–H and O–H groups in total. The van der Waals surface area contributed by atoms with Crippen molar-refractivity contribution in [3.63, 3.8) is 0 Å². The third-order valence-corrected chi connectivity index (χ3v) is 4.57. The van der Waals surface area contributed by atoms with E-state index in [9.17, 15) is 4.79 Å². The number of carbonyl (C=O) groups is 1. The number of aromatic nitrogens is 4. The van der Waals surface area contributed by atoms with Gasteiger partial charge in [-0.05, 0) is 31.1 Å². The minimum atomic E-state index is -0.328. The summed E-state index contributed by atoms with van der Waals surface area (Å²) in [6.45, 7) is 2.90. The number of benzene rings is 1. The lowest BCUT2D eigenvalue weighted by Gasteiger charge is -2.24. The van der Waals surface area contributed by atoms with E-state index >= 15 is 0 Å². The highest BCUT2D eigenvalue weighted by molar-refractivity contribution is 5.71. The van der Waals surface area contributed by atoms with Crippen molar-refractivity contribution >= 4 is 11.7 Å². The van der Waals surface area contributed by atoms with Crippen molar-refractivity contribution in [1.29, 1.82) is 0 Å². The molecule has 0 fully saturated rings. The van der Waals surface area contributed by atoms with Crippen molar-refractivity contribution in [2.24, 2.45) is 0 Å². The Labute approximate surface area is 161 Å². The third kappa shape index (κ3) is 3.48. The number of nitrogens with zero attached hydrogens (tertiary/aromatic N) is 5. The van der Waals surface area contributed by atoms with Crippen molar-refractivity contribution < 1.29 is 13.9 Å². The van der Waals surface area contributed by atoms with E-state index in [4.69, 9.17) is 14.1 Å². The summed E-state index contributed by atoms with van der Waals surface area (Å²) in [6.07, 6.45) is 4.04. The average Bonchev–Trinajstić information content (AvgIpc) is 3.24. The highest BCUT2D eigenvalue weighted by atomic mass is 16.5. The Morgan fingerprint density at radius 1 is 1.18 bits per heavy atom. The van der Waals surface area contributed by atoms with Gasteiger partial charge in [0.15, 0.2) is 0 Å². The van der Waals surface area contributed by atoms with Crippen molar-refractivity contribution in [1.82, 2.24) is 25.1 Å². The summed E-state index contributed by atoms with van der Waals surface area (Å²) in [4.78, 5) is 22.4. The second-order valence-corrected chi connectivity index (χ2v) is 6.36. The first-order valence-corrected chi connectivity index (χ1v) is 8.91. The maximum atomic E-state index is 11.6. The molecule has 0 aliphatic carbocycles. The molecule has 1 aromatic carbocycles. The summed E-state index contributed by atoms with van der Waals surface area (Å²) < 4.78 is 10.6. The lowest BCUT2D eigenvalue weighted by Crippen LogP contribution is -2.34. The third-order valence-electron chi connectivity index (χ3n) is 4.57. The minimum Gasteiger partial charge on any atom is -0.453 e. The van der Waals surface area contributed by atoms with Gasteiger partial charge in [0.1, 0.15) is 5.69 Å². The fraction of sp³-hybridized carbons (Fsp3) is 0.250. The number of hydrogen-bond donors (Lipinski definition) is 0. The Morgan fingerprint density at radius 2 is 1.96 bits per heavy atom. The van der Waals surface area contributed by atoms with Crippen LogP contribution in [0.4, 0.5) is 4.79 Å². The largest absolute Gasteiger partial charge is 0.453 e. The Kier molecular flexibility index (Phi) is 4.84. The first kappa shape index (κ1) is 17.8. The van der Waals surface area contributed by atoms with Crippen LogP contribution < -0.4 is 0 Å². The van der Waals surface area contributed by atoms with Gasteiger partial charge < -0.3 is 14.1 Å². The SMILES string of the molecule is COC(=O)N1CC=C(c2cnc(C)c(-c3nnc(-c4ccccc4)o3)n2)CC1. The van der Waals surface area contributed by atoms with Gasteiger partial charge in [0.25, 0.3) is 5.89 Å². The number of rotatable bonds is 3. The number of ether oxygens (including phenoxy) is 1. The standard InChI is InChI=1S/C20H19N5O3/c1-13-17(19-24-23-18(28-19)15-6-4-3-5-7-15)22-16(12-21-13)14-8-10-25(11-9-14)20(26)27-2/h3-8,12H,9-11H2,1-2H3. The van der Waals surface area contributed by atoms with Crippen molar-refractivity contribution in [3.05, 3.63) is 54.0 Å². The van der Waals surface area contributed by atoms with E-state index < -0.39 is 0 Å². The first-order valence-electron chi connectivity index (χ1n) is 8.91. The molecule has 8 nitrogen and oxygen atoms in total. The summed E-state index contributed by atoms with van der Waals surface area (Å²) in [5, 5.41) is 8.28. The number of hydrogen-bond acceptors (Lipinski definition) is 7. The van der Waals surface area contributed by atoms with E-state index in [-0.39, 0.29) is 6.09 Å².